The van der Waals surface area contributed by atoms with Crippen LogP contribution in [0.25, 0.3) is 0 Å². The van der Waals surface area contributed by atoms with E-state index in [0.29, 0.717) is 5.75 Å². The summed E-state index contributed by atoms with van der Waals surface area (Å²) in [6.45, 7) is 0. The molecule has 15 heavy (non-hydrogen) atoms. The number of hydrogen-bond acceptors (Lipinski definition) is 3. The summed E-state index contributed by atoms with van der Waals surface area (Å²) >= 11 is 4.88. The Morgan fingerprint density at radius 3 is 2.60 bits per heavy atom. The Kier molecular flexibility index (Phi) is 5.14. The molecule has 3 nitrogen and oxygen atoms in total. The lowest BCUT2D eigenvalue weighted by atomic mass is 10.2. The number of carboxylic acids is 1. The zero-order valence-electron chi connectivity index (χ0n) is 8.02. The van der Waals surface area contributed by atoms with E-state index in [1.165, 1.54) is 17.3 Å². The van der Waals surface area contributed by atoms with Gasteiger partial charge in [-0.15, -0.1) is 0 Å². The standard InChI is InChI=1S/C10H12BrNO2S/c11-8-3-1-7(2-4-8)5-15-6-9(12)10(13)14/h1-4,9H,5-6,12H2,(H,13,14)/t9-/m0/s1. The Morgan fingerprint density at radius 1 is 1.47 bits per heavy atom. The van der Waals surface area contributed by atoms with Gasteiger partial charge in [-0.25, -0.2) is 0 Å². The van der Waals surface area contributed by atoms with Crippen LogP contribution in [0.4, 0.5) is 0 Å². The van der Waals surface area contributed by atoms with Crippen molar-refractivity contribution in [3.8, 4) is 0 Å². The van der Waals surface area contributed by atoms with Crippen molar-refractivity contribution in [2.75, 3.05) is 5.75 Å². The SMILES string of the molecule is N[C@@H](CSCc1ccc(Br)cc1)C(=O)O. The van der Waals surface area contributed by atoms with E-state index in [9.17, 15) is 4.79 Å². The number of carboxylic acid groups (broad SMARTS) is 1. The molecule has 0 aliphatic rings. The molecule has 0 saturated carbocycles. The molecule has 1 aromatic rings. The number of thioether (sulfide) groups is 1. The first-order valence-corrected chi connectivity index (χ1v) is 6.35. The van der Waals surface area contributed by atoms with Crippen molar-refractivity contribution in [2.45, 2.75) is 11.8 Å². The van der Waals surface area contributed by atoms with Crippen molar-refractivity contribution in [1.82, 2.24) is 0 Å². The maximum Gasteiger partial charge on any atom is 0.321 e. The van der Waals surface area contributed by atoms with Crippen LogP contribution in [0.3, 0.4) is 0 Å². The second-order valence-corrected chi connectivity index (χ2v) is 5.03. The molecule has 1 rings (SSSR count). The molecule has 0 spiro atoms. The number of halogens is 1. The van der Waals surface area contributed by atoms with E-state index in [2.05, 4.69) is 15.9 Å². The van der Waals surface area contributed by atoms with Crippen LogP contribution in [-0.2, 0) is 10.5 Å². The molecular formula is C10H12BrNO2S. The van der Waals surface area contributed by atoms with E-state index < -0.39 is 12.0 Å². The molecule has 0 bridgehead atoms. The quantitative estimate of drug-likeness (QED) is 0.871. The Labute approximate surface area is 101 Å². The highest BCUT2D eigenvalue weighted by atomic mass is 79.9. The van der Waals surface area contributed by atoms with Crippen molar-refractivity contribution in [3.63, 3.8) is 0 Å². The fraction of sp³-hybridized carbons (Fsp3) is 0.300. The highest BCUT2D eigenvalue weighted by molar-refractivity contribution is 9.10. The van der Waals surface area contributed by atoms with Crippen LogP contribution in [0.5, 0.6) is 0 Å². The van der Waals surface area contributed by atoms with Gasteiger partial charge in [0.05, 0.1) is 0 Å². The molecule has 0 saturated heterocycles. The van der Waals surface area contributed by atoms with Gasteiger partial charge in [-0.05, 0) is 17.7 Å². The summed E-state index contributed by atoms with van der Waals surface area (Å²) < 4.78 is 1.04. The smallest absolute Gasteiger partial charge is 0.321 e. The zero-order chi connectivity index (χ0) is 11.3. The lowest BCUT2D eigenvalue weighted by Crippen LogP contribution is -2.32. The molecule has 0 aromatic heterocycles. The molecule has 0 radical (unpaired) electrons. The van der Waals surface area contributed by atoms with Crippen LogP contribution in [0.2, 0.25) is 0 Å². The predicted octanol–water partition coefficient (Wildman–Crippen LogP) is 2.09. The number of aliphatic carboxylic acids is 1. The normalized spacial score (nSPS) is 12.4. The first kappa shape index (κ1) is 12.5. The molecule has 3 N–H and O–H groups in total. The van der Waals surface area contributed by atoms with Crippen LogP contribution < -0.4 is 5.73 Å². The molecule has 0 unspecified atom stereocenters. The van der Waals surface area contributed by atoms with E-state index in [-0.39, 0.29) is 0 Å². The van der Waals surface area contributed by atoms with Crippen molar-refractivity contribution >= 4 is 33.7 Å². The Bertz CT molecular complexity index is 329. The highest BCUT2D eigenvalue weighted by Crippen LogP contribution is 2.16. The third-order valence-corrected chi connectivity index (χ3v) is 3.46. The average Bonchev–Trinajstić information content (AvgIpc) is 2.20. The molecule has 0 aliphatic carbocycles. The first-order chi connectivity index (χ1) is 7.09. The summed E-state index contributed by atoms with van der Waals surface area (Å²) in [7, 11) is 0. The van der Waals surface area contributed by atoms with Crippen LogP contribution in [0, 0.1) is 0 Å². The van der Waals surface area contributed by atoms with Crippen LogP contribution in [0.1, 0.15) is 5.56 Å². The van der Waals surface area contributed by atoms with Crippen molar-refractivity contribution in [2.24, 2.45) is 5.73 Å². The van der Waals surface area contributed by atoms with Crippen LogP contribution in [-0.4, -0.2) is 22.9 Å². The number of rotatable bonds is 5. The molecule has 0 amide bonds. The summed E-state index contributed by atoms with van der Waals surface area (Å²) in [5.74, 6) is 0.276. The molecule has 0 heterocycles. The van der Waals surface area contributed by atoms with Gasteiger partial charge in [-0.1, -0.05) is 28.1 Å². The average molecular weight is 290 g/mol. The maximum atomic E-state index is 10.4. The van der Waals surface area contributed by atoms with Gasteiger partial charge in [-0.3, -0.25) is 4.79 Å². The number of carbonyl (C=O) groups is 1. The van der Waals surface area contributed by atoms with Crippen molar-refractivity contribution in [1.29, 1.82) is 0 Å². The highest BCUT2D eigenvalue weighted by Gasteiger charge is 2.10. The zero-order valence-corrected chi connectivity index (χ0v) is 10.4. The minimum absolute atomic E-state index is 0.436. The van der Waals surface area contributed by atoms with Gasteiger partial charge >= 0.3 is 5.97 Å². The fourth-order valence-electron chi connectivity index (χ4n) is 0.956. The minimum atomic E-state index is -0.946. The fourth-order valence-corrected chi connectivity index (χ4v) is 2.16. The van der Waals surface area contributed by atoms with Gasteiger partial charge in [0.25, 0.3) is 0 Å². The number of benzene rings is 1. The Balaban J connectivity index is 2.32. The molecule has 5 heteroatoms. The van der Waals surface area contributed by atoms with Gasteiger partial charge < -0.3 is 10.8 Å². The second-order valence-electron chi connectivity index (χ2n) is 3.09. The number of hydrogen-bond donors (Lipinski definition) is 2. The Hall–Kier alpha value is -0.520. The molecule has 1 atom stereocenters. The summed E-state index contributed by atoms with van der Waals surface area (Å²) in [6.07, 6.45) is 0. The molecule has 82 valence electrons. The molecular weight excluding hydrogens is 278 g/mol. The Morgan fingerprint density at radius 2 is 2.07 bits per heavy atom. The second kappa shape index (κ2) is 6.15. The van der Waals surface area contributed by atoms with E-state index in [1.807, 2.05) is 24.3 Å². The lowest BCUT2D eigenvalue weighted by Gasteiger charge is -2.05. The third kappa shape index (κ3) is 4.68. The van der Waals surface area contributed by atoms with E-state index >= 15 is 0 Å². The van der Waals surface area contributed by atoms with Crippen LogP contribution >= 0.6 is 27.7 Å². The van der Waals surface area contributed by atoms with E-state index in [1.54, 1.807) is 0 Å². The molecule has 0 aliphatic heterocycles. The van der Waals surface area contributed by atoms with Gasteiger partial charge in [0.15, 0.2) is 0 Å². The summed E-state index contributed by atoms with van der Waals surface area (Å²) in [6, 6.07) is 7.16. The lowest BCUT2D eigenvalue weighted by molar-refractivity contribution is -0.137. The topological polar surface area (TPSA) is 63.3 Å². The van der Waals surface area contributed by atoms with Gasteiger partial charge in [0.1, 0.15) is 6.04 Å². The van der Waals surface area contributed by atoms with Gasteiger partial charge in [0, 0.05) is 16.0 Å². The van der Waals surface area contributed by atoms with Gasteiger partial charge in [-0.2, -0.15) is 11.8 Å². The van der Waals surface area contributed by atoms with Crippen molar-refractivity contribution in [3.05, 3.63) is 34.3 Å². The summed E-state index contributed by atoms with van der Waals surface area (Å²) in [4.78, 5) is 10.4. The van der Waals surface area contributed by atoms with Crippen LogP contribution in [0.15, 0.2) is 28.7 Å². The number of nitrogens with two attached hydrogens (primary N) is 1. The van der Waals surface area contributed by atoms with E-state index in [0.717, 1.165) is 10.2 Å². The van der Waals surface area contributed by atoms with Crippen molar-refractivity contribution < 1.29 is 9.90 Å². The predicted molar refractivity (Wildman–Crippen MR) is 65.9 cm³/mol. The minimum Gasteiger partial charge on any atom is -0.480 e. The maximum absolute atomic E-state index is 10.4. The summed E-state index contributed by atoms with van der Waals surface area (Å²) in [5, 5.41) is 8.57. The van der Waals surface area contributed by atoms with Gasteiger partial charge in [0.2, 0.25) is 0 Å². The summed E-state index contributed by atoms with van der Waals surface area (Å²) in [5.41, 5.74) is 6.54. The largest absolute Gasteiger partial charge is 0.480 e. The van der Waals surface area contributed by atoms with E-state index in [4.69, 9.17) is 10.8 Å². The first-order valence-electron chi connectivity index (χ1n) is 4.40. The molecule has 1 aromatic carbocycles. The molecule has 0 fully saturated rings. The monoisotopic (exact) mass is 289 g/mol. The third-order valence-electron chi connectivity index (χ3n) is 1.80.